The van der Waals surface area contributed by atoms with Crippen molar-refractivity contribution in [1.29, 1.82) is 0 Å². The molecule has 0 aromatic heterocycles. The fraction of sp³-hybridized carbons (Fsp3) is 0.667. The van der Waals surface area contributed by atoms with Crippen LogP contribution in [0.4, 0.5) is 0 Å². The highest BCUT2D eigenvalue weighted by Crippen LogP contribution is 2.32. The second kappa shape index (κ2) is 8.66. The average Bonchev–Trinajstić information content (AvgIpc) is 2.89. The number of carbonyl (C=O) groups excluding carboxylic acids is 1. The van der Waals surface area contributed by atoms with E-state index in [2.05, 4.69) is 47.5 Å². The monoisotopic (exact) mass is 328 g/mol. The van der Waals surface area contributed by atoms with Crippen molar-refractivity contribution in [2.24, 2.45) is 11.8 Å². The fourth-order valence-electron chi connectivity index (χ4n) is 4.40. The number of rotatable bonds is 4. The van der Waals surface area contributed by atoms with Crippen molar-refractivity contribution in [3.05, 3.63) is 35.9 Å². The Balaban J connectivity index is 1.67. The zero-order valence-electron chi connectivity index (χ0n) is 15.0. The van der Waals surface area contributed by atoms with Gasteiger partial charge in [0.15, 0.2) is 0 Å². The van der Waals surface area contributed by atoms with E-state index in [0.29, 0.717) is 24.2 Å². The summed E-state index contributed by atoms with van der Waals surface area (Å²) in [6.07, 6.45) is 7.89. The summed E-state index contributed by atoms with van der Waals surface area (Å²) in [5, 5.41) is 3.43. The average molecular weight is 329 g/mol. The van der Waals surface area contributed by atoms with Crippen LogP contribution >= 0.6 is 0 Å². The molecule has 1 amide bonds. The Morgan fingerprint density at radius 2 is 1.88 bits per heavy atom. The molecule has 0 spiro atoms. The minimum atomic E-state index is 0.279. The first-order valence-electron chi connectivity index (χ1n) is 9.81. The summed E-state index contributed by atoms with van der Waals surface area (Å²) < 4.78 is 0. The Labute approximate surface area is 146 Å². The van der Waals surface area contributed by atoms with Gasteiger partial charge in [-0.1, -0.05) is 50.1 Å². The van der Waals surface area contributed by atoms with E-state index >= 15 is 0 Å². The zero-order chi connectivity index (χ0) is 16.8. The number of hydrogen-bond donors (Lipinski definition) is 1. The third kappa shape index (κ3) is 4.38. The Kier molecular flexibility index (Phi) is 6.30. The first-order chi connectivity index (χ1) is 11.8. The van der Waals surface area contributed by atoms with Gasteiger partial charge in [-0.2, -0.15) is 0 Å². The van der Waals surface area contributed by atoms with E-state index in [9.17, 15) is 4.79 Å². The van der Waals surface area contributed by atoms with E-state index in [1.807, 2.05) is 0 Å². The van der Waals surface area contributed by atoms with Crippen LogP contribution in [0.5, 0.6) is 0 Å². The second-order valence-corrected chi connectivity index (χ2v) is 7.63. The predicted octanol–water partition coefficient (Wildman–Crippen LogP) is 4.16. The standard InChI is InChI=1S/C21H32N2O/c1-17(18-11-13-22-14-12-18)16-21(24)23-15-7-3-6-10-20(23)19-8-4-2-5-9-19/h2,4-5,8-9,17-18,20,22H,3,6-7,10-16H2,1H3. The van der Waals surface area contributed by atoms with E-state index in [1.165, 1.54) is 31.2 Å². The Morgan fingerprint density at radius 3 is 2.62 bits per heavy atom. The van der Waals surface area contributed by atoms with Crippen molar-refractivity contribution in [3.8, 4) is 0 Å². The maximum atomic E-state index is 13.1. The fourth-order valence-corrected chi connectivity index (χ4v) is 4.40. The van der Waals surface area contributed by atoms with Crippen molar-refractivity contribution in [2.75, 3.05) is 19.6 Å². The molecule has 3 heteroatoms. The normalized spacial score (nSPS) is 24.4. The highest BCUT2D eigenvalue weighted by Gasteiger charge is 2.29. The van der Waals surface area contributed by atoms with E-state index < -0.39 is 0 Å². The first-order valence-corrected chi connectivity index (χ1v) is 9.81. The highest BCUT2D eigenvalue weighted by molar-refractivity contribution is 5.77. The molecule has 2 fully saturated rings. The minimum absolute atomic E-state index is 0.279. The van der Waals surface area contributed by atoms with Gasteiger partial charge in [0, 0.05) is 13.0 Å². The van der Waals surface area contributed by atoms with Gasteiger partial charge in [0.1, 0.15) is 0 Å². The summed E-state index contributed by atoms with van der Waals surface area (Å²) in [6.45, 7) is 5.43. The number of nitrogens with one attached hydrogen (secondary N) is 1. The molecule has 0 radical (unpaired) electrons. The Bertz CT molecular complexity index is 510. The van der Waals surface area contributed by atoms with Crippen molar-refractivity contribution < 1.29 is 4.79 Å². The van der Waals surface area contributed by atoms with E-state index in [0.717, 1.165) is 32.5 Å². The molecule has 2 saturated heterocycles. The highest BCUT2D eigenvalue weighted by atomic mass is 16.2. The number of hydrogen-bond acceptors (Lipinski definition) is 2. The van der Waals surface area contributed by atoms with Crippen LogP contribution in [0.15, 0.2) is 30.3 Å². The molecule has 1 N–H and O–H groups in total. The molecule has 2 heterocycles. The molecule has 0 bridgehead atoms. The second-order valence-electron chi connectivity index (χ2n) is 7.63. The van der Waals surface area contributed by atoms with Crippen LogP contribution in [0.25, 0.3) is 0 Å². The minimum Gasteiger partial charge on any atom is -0.336 e. The van der Waals surface area contributed by atoms with Gasteiger partial charge in [0.05, 0.1) is 6.04 Å². The van der Waals surface area contributed by atoms with Gasteiger partial charge in [-0.05, 0) is 56.2 Å². The van der Waals surface area contributed by atoms with Gasteiger partial charge in [-0.25, -0.2) is 0 Å². The number of nitrogens with zero attached hydrogens (tertiary/aromatic N) is 1. The molecule has 3 nitrogen and oxygen atoms in total. The predicted molar refractivity (Wildman–Crippen MR) is 98.7 cm³/mol. The summed E-state index contributed by atoms with van der Waals surface area (Å²) in [5.74, 6) is 1.58. The molecule has 2 atom stereocenters. The van der Waals surface area contributed by atoms with Crippen molar-refractivity contribution in [3.63, 3.8) is 0 Å². The molecule has 2 aliphatic heterocycles. The number of piperidine rings is 1. The van der Waals surface area contributed by atoms with Gasteiger partial charge in [-0.15, -0.1) is 0 Å². The molecule has 0 saturated carbocycles. The lowest BCUT2D eigenvalue weighted by Gasteiger charge is -2.33. The quantitative estimate of drug-likeness (QED) is 0.900. The van der Waals surface area contributed by atoms with E-state index in [-0.39, 0.29) is 6.04 Å². The molecule has 2 unspecified atom stereocenters. The van der Waals surface area contributed by atoms with Crippen molar-refractivity contribution in [2.45, 2.75) is 57.9 Å². The van der Waals surface area contributed by atoms with Crippen LogP contribution in [0, 0.1) is 11.8 Å². The molecular formula is C21H32N2O. The summed E-state index contributed by atoms with van der Waals surface area (Å²) in [6, 6.07) is 10.9. The SMILES string of the molecule is CC(CC(=O)N1CCCCCC1c1ccccc1)C1CCNCC1. The number of benzene rings is 1. The van der Waals surface area contributed by atoms with Gasteiger partial charge in [0.2, 0.25) is 5.91 Å². The van der Waals surface area contributed by atoms with Crippen LogP contribution in [-0.4, -0.2) is 30.4 Å². The van der Waals surface area contributed by atoms with Gasteiger partial charge >= 0.3 is 0 Å². The lowest BCUT2D eigenvalue weighted by molar-refractivity contribution is -0.135. The summed E-state index contributed by atoms with van der Waals surface area (Å²) in [5.41, 5.74) is 1.31. The Hall–Kier alpha value is -1.35. The maximum Gasteiger partial charge on any atom is 0.223 e. The molecule has 24 heavy (non-hydrogen) atoms. The number of amides is 1. The van der Waals surface area contributed by atoms with Gasteiger partial charge in [0.25, 0.3) is 0 Å². The van der Waals surface area contributed by atoms with E-state index in [4.69, 9.17) is 0 Å². The van der Waals surface area contributed by atoms with Gasteiger partial charge < -0.3 is 10.2 Å². The summed E-state index contributed by atoms with van der Waals surface area (Å²) >= 11 is 0. The van der Waals surface area contributed by atoms with Crippen LogP contribution < -0.4 is 5.32 Å². The van der Waals surface area contributed by atoms with Crippen LogP contribution in [-0.2, 0) is 4.79 Å². The zero-order valence-corrected chi connectivity index (χ0v) is 15.0. The van der Waals surface area contributed by atoms with Crippen molar-refractivity contribution >= 4 is 5.91 Å². The smallest absolute Gasteiger partial charge is 0.223 e. The third-order valence-corrected chi connectivity index (χ3v) is 5.94. The largest absolute Gasteiger partial charge is 0.336 e. The van der Waals surface area contributed by atoms with Crippen LogP contribution in [0.1, 0.15) is 63.5 Å². The van der Waals surface area contributed by atoms with E-state index in [1.54, 1.807) is 0 Å². The molecule has 0 aliphatic carbocycles. The molecule has 1 aromatic carbocycles. The molecule has 132 valence electrons. The summed E-state index contributed by atoms with van der Waals surface area (Å²) in [7, 11) is 0. The summed E-state index contributed by atoms with van der Waals surface area (Å²) in [4.78, 5) is 15.3. The van der Waals surface area contributed by atoms with Crippen LogP contribution in [0.2, 0.25) is 0 Å². The molecule has 1 aromatic rings. The maximum absolute atomic E-state index is 13.1. The topological polar surface area (TPSA) is 32.3 Å². The lowest BCUT2D eigenvalue weighted by atomic mass is 9.83. The first kappa shape index (κ1) is 17.5. The van der Waals surface area contributed by atoms with Crippen LogP contribution in [0.3, 0.4) is 0 Å². The van der Waals surface area contributed by atoms with Gasteiger partial charge in [-0.3, -0.25) is 4.79 Å². The van der Waals surface area contributed by atoms with Crippen molar-refractivity contribution in [1.82, 2.24) is 10.2 Å². The molecular weight excluding hydrogens is 296 g/mol. The third-order valence-electron chi connectivity index (χ3n) is 5.94. The lowest BCUT2D eigenvalue weighted by Crippen LogP contribution is -2.37. The number of carbonyl (C=O) groups is 1. The Morgan fingerprint density at radius 1 is 1.12 bits per heavy atom. The molecule has 2 aliphatic rings. The molecule has 3 rings (SSSR count). The number of likely N-dealkylation sites (tertiary alicyclic amines) is 1.